The minimum Gasteiger partial charge on any atom is -0.497 e. The zero-order chi connectivity index (χ0) is 20.9. The number of hydrogen-bond donors (Lipinski definition) is 3. The van der Waals surface area contributed by atoms with E-state index >= 15 is 0 Å². The first-order valence-electron chi connectivity index (χ1n) is 9.69. The van der Waals surface area contributed by atoms with E-state index in [4.69, 9.17) is 9.47 Å². The summed E-state index contributed by atoms with van der Waals surface area (Å²) >= 11 is 0. The Morgan fingerprint density at radius 1 is 0.621 bits per heavy atom. The van der Waals surface area contributed by atoms with Crippen LogP contribution in [-0.4, -0.2) is 40.4 Å². The van der Waals surface area contributed by atoms with E-state index in [1.165, 1.54) is 12.1 Å². The summed E-state index contributed by atoms with van der Waals surface area (Å²) in [4.78, 5) is 23.9. The molecule has 0 atom stereocenters. The van der Waals surface area contributed by atoms with Crippen molar-refractivity contribution in [1.82, 2.24) is 5.32 Å². The maximum absolute atomic E-state index is 12.0. The van der Waals surface area contributed by atoms with Crippen LogP contribution < -0.4 is 36.3 Å². The second-order valence-electron chi connectivity index (χ2n) is 6.41. The molecule has 0 bridgehead atoms. The van der Waals surface area contributed by atoms with Gasteiger partial charge in [0.2, 0.25) is 10.9 Å². The van der Waals surface area contributed by atoms with E-state index < -0.39 is 0 Å². The van der Waals surface area contributed by atoms with E-state index in [0.717, 1.165) is 25.9 Å². The molecule has 29 heavy (non-hydrogen) atoms. The molecule has 7 nitrogen and oxygen atoms in total. The average Bonchev–Trinajstić information content (AvgIpc) is 3.02. The molecule has 0 unspecified atom stereocenters. The molecular weight excluding hydrogens is 370 g/mol. The molecule has 0 saturated carbocycles. The average molecular weight is 399 g/mol. The first kappa shape index (κ1) is 22.2. The third kappa shape index (κ3) is 7.83. The normalized spacial score (nSPS) is 10.3. The molecule has 0 aliphatic rings. The Bertz CT molecular complexity index is 817. The van der Waals surface area contributed by atoms with Crippen molar-refractivity contribution in [3.05, 3.63) is 69.0 Å². The fraction of sp³-hybridized carbons (Fsp3) is 0.364. The predicted octanol–water partition coefficient (Wildman–Crippen LogP) is 2.32. The monoisotopic (exact) mass is 399 g/mol. The van der Waals surface area contributed by atoms with Crippen LogP contribution in [0.2, 0.25) is 0 Å². The predicted molar refractivity (Wildman–Crippen MR) is 118 cm³/mol. The maximum atomic E-state index is 12.0. The highest BCUT2D eigenvalue weighted by molar-refractivity contribution is 5.44. The van der Waals surface area contributed by atoms with Gasteiger partial charge in [0, 0.05) is 13.1 Å². The lowest BCUT2D eigenvalue weighted by Gasteiger charge is -2.07. The molecule has 2 rings (SSSR count). The van der Waals surface area contributed by atoms with Gasteiger partial charge in [-0.25, -0.2) is 0 Å². The van der Waals surface area contributed by atoms with Gasteiger partial charge >= 0.3 is 0 Å². The van der Waals surface area contributed by atoms with Crippen molar-refractivity contribution in [2.75, 3.05) is 51.0 Å². The van der Waals surface area contributed by atoms with Crippen LogP contribution in [0.4, 0.5) is 11.4 Å². The van der Waals surface area contributed by atoms with Crippen molar-refractivity contribution in [3.63, 3.8) is 0 Å². The molecule has 7 heteroatoms. The molecule has 0 amide bonds. The highest BCUT2D eigenvalue weighted by atomic mass is 16.5. The number of ether oxygens (including phenoxy) is 2. The Morgan fingerprint density at radius 3 is 1.45 bits per heavy atom. The molecule has 3 N–H and O–H groups in total. The highest BCUT2D eigenvalue weighted by Gasteiger charge is 1.99. The smallest absolute Gasteiger partial charge is 0.201 e. The SMILES string of the molecule is COc1ccc(NCCCNCCCNc2ccc(OC)ccc2=O)c(=O)cc1. The van der Waals surface area contributed by atoms with Gasteiger partial charge in [-0.15, -0.1) is 0 Å². The van der Waals surface area contributed by atoms with Crippen LogP contribution in [-0.2, 0) is 0 Å². The van der Waals surface area contributed by atoms with Crippen molar-refractivity contribution >= 4 is 11.4 Å². The van der Waals surface area contributed by atoms with E-state index in [0.29, 0.717) is 36.0 Å². The van der Waals surface area contributed by atoms with Crippen LogP contribution in [0.5, 0.6) is 11.5 Å². The largest absolute Gasteiger partial charge is 0.497 e. The minimum absolute atomic E-state index is 0.0583. The number of hydrogen-bond acceptors (Lipinski definition) is 7. The van der Waals surface area contributed by atoms with E-state index in [-0.39, 0.29) is 10.9 Å². The van der Waals surface area contributed by atoms with Gasteiger partial charge in [0.25, 0.3) is 0 Å². The van der Waals surface area contributed by atoms with Crippen molar-refractivity contribution in [1.29, 1.82) is 0 Å². The van der Waals surface area contributed by atoms with Gasteiger partial charge in [-0.2, -0.15) is 0 Å². The van der Waals surface area contributed by atoms with Crippen molar-refractivity contribution in [3.8, 4) is 11.5 Å². The summed E-state index contributed by atoms with van der Waals surface area (Å²) in [6.45, 7) is 3.09. The fourth-order valence-corrected chi connectivity index (χ4v) is 2.66. The summed E-state index contributed by atoms with van der Waals surface area (Å²) in [6, 6.07) is 13.3. The first-order chi connectivity index (χ1) is 14.1. The van der Waals surface area contributed by atoms with Gasteiger partial charge in [-0.1, -0.05) is 0 Å². The topological polar surface area (TPSA) is 88.7 Å². The Balaban J connectivity index is 1.60. The number of methoxy groups -OCH3 is 2. The van der Waals surface area contributed by atoms with Crippen LogP contribution in [0.3, 0.4) is 0 Å². The Morgan fingerprint density at radius 2 is 1.03 bits per heavy atom. The third-order valence-corrected chi connectivity index (χ3v) is 4.32. The molecule has 0 spiro atoms. The second-order valence-corrected chi connectivity index (χ2v) is 6.41. The third-order valence-electron chi connectivity index (χ3n) is 4.32. The van der Waals surface area contributed by atoms with Gasteiger partial charge in [-0.05, 0) is 74.5 Å². The van der Waals surface area contributed by atoms with E-state index in [1.54, 1.807) is 50.6 Å². The summed E-state index contributed by atoms with van der Waals surface area (Å²) in [5.41, 5.74) is 1.02. The maximum Gasteiger partial charge on any atom is 0.201 e. The minimum atomic E-state index is -0.0583. The molecule has 0 aliphatic carbocycles. The quantitative estimate of drug-likeness (QED) is 0.472. The van der Waals surface area contributed by atoms with Gasteiger partial charge < -0.3 is 25.4 Å². The lowest BCUT2D eigenvalue weighted by Crippen LogP contribution is -2.22. The molecule has 2 aromatic carbocycles. The zero-order valence-electron chi connectivity index (χ0n) is 17.0. The molecule has 0 fully saturated rings. The Labute approximate surface area is 171 Å². The molecule has 2 aromatic rings. The summed E-state index contributed by atoms with van der Waals surface area (Å²) in [6.07, 6.45) is 1.78. The molecule has 0 radical (unpaired) electrons. The highest BCUT2D eigenvalue weighted by Crippen LogP contribution is 2.09. The molecule has 0 aliphatic heterocycles. The van der Waals surface area contributed by atoms with Crippen LogP contribution in [0.25, 0.3) is 0 Å². The number of nitrogens with one attached hydrogen (secondary N) is 3. The van der Waals surface area contributed by atoms with Crippen LogP contribution in [0.1, 0.15) is 12.8 Å². The van der Waals surface area contributed by atoms with E-state index in [9.17, 15) is 9.59 Å². The van der Waals surface area contributed by atoms with Crippen molar-refractivity contribution < 1.29 is 9.47 Å². The van der Waals surface area contributed by atoms with Gasteiger partial charge in [-0.3, -0.25) is 9.59 Å². The van der Waals surface area contributed by atoms with Crippen molar-refractivity contribution in [2.45, 2.75) is 12.8 Å². The van der Waals surface area contributed by atoms with Crippen molar-refractivity contribution in [2.24, 2.45) is 0 Å². The van der Waals surface area contributed by atoms with E-state index in [2.05, 4.69) is 16.0 Å². The van der Waals surface area contributed by atoms with Gasteiger partial charge in [0.15, 0.2) is 0 Å². The lowest BCUT2D eigenvalue weighted by atomic mass is 10.3. The molecule has 0 saturated heterocycles. The number of anilines is 2. The second kappa shape index (κ2) is 12.4. The Kier molecular flexibility index (Phi) is 9.51. The molecular formula is C22H29N3O4. The summed E-state index contributed by atoms with van der Waals surface area (Å²) in [7, 11) is 3.15. The summed E-state index contributed by atoms with van der Waals surface area (Å²) in [5, 5.41) is 9.68. The van der Waals surface area contributed by atoms with E-state index in [1.807, 2.05) is 0 Å². The molecule has 0 heterocycles. The molecule has 156 valence electrons. The van der Waals surface area contributed by atoms with Crippen LogP contribution in [0, 0.1) is 0 Å². The summed E-state index contributed by atoms with van der Waals surface area (Å²) < 4.78 is 10.2. The molecule has 0 aromatic heterocycles. The van der Waals surface area contributed by atoms with Gasteiger partial charge in [0.05, 0.1) is 25.6 Å². The number of rotatable bonds is 12. The zero-order valence-corrected chi connectivity index (χ0v) is 17.0. The van der Waals surface area contributed by atoms with Crippen LogP contribution >= 0.6 is 0 Å². The first-order valence-corrected chi connectivity index (χ1v) is 9.69. The standard InChI is InChI=1S/C22H29N3O4/c1-28-17-5-9-19(21(26)11-7-17)24-15-3-13-23-14-4-16-25-20-10-6-18(29-2)8-12-22(20)27/h5-12,23H,3-4,13-16H2,1-2H3,(H,24,26)(H,25,27). The van der Waals surface area contributed by atoms with Crippen LogP contribution in [0.15, 0.2) is 58.1 Å². The summed E-state index contributed by atoms with van der Waals surface area (Å²) in [5.74, 6) is 1.30. The lowest BCUT2D eigenvalue weighted by molar-refractivity contribution is 0.415. The Hall–Kier alpha value is -3.06. The van der Waals surface area contributed by atoms with Gasteiger partial charge in [0.1, 0.15) is 11.5 Å². The fourth-order valence-electron chi connectivity index (χ4n) is 2.66.